The van der Waals surface area contributed by atoms with E-state index in [0.717, 1.165) is 17.1 Å². The monoisotopic (exact) mass is 298 g/mol. The van der Waals surface area contributed by atoms with Crippen LogP contribution in [0.3, 0.4) is 0 Å². The third-order valence-corrected chi connectivity index (χ3v) is 3.26. The number of hydrogen-bond acceptors (Lipinski definition) is 3. The van der Waals surface area contributed by atoms with Crippen LogP contribution in [0.15, 0.2) is 42.5 Å². The number of rotatable bonds is 6. The van der Waals surface area contributed by atoms with Crippen LogP contribution in [0.2, 0.25) is 0 Å². The van der Waals surface area contributed by atoms with Crippen molar-refractivity contribution in [1.29, 1.82) is 0 Å². The van der Waals surface area contributed by atoms with Gasteiger partial charge in [-0.25, -0.2) is 0 Å². The molecule has 0 unspecified atom stereocenters. The lowest BCUT2D eigenvalue weighted by Crippen LogP contribution is -2.16. The zero-order valence-electron chi connectivity index (χ0n) is 13.3. The molecule has 0 bridgehead atoms. The smallest absolute Gasteiger partial charge is 0.226 e. The van der Waals surface area contributed by atoms with E-state index in [2.05, 4.69) is 42.7 Å². The average Bonchev–Trinajstić information content (AvgIpc) is 2.46. The van der Waals surface area contributed by atoms with Gasteiger partial charge < -0.3 is 15.4 Å². The Kier molecular flexibility index (Phi) is 5.42. The molecule has 2 rings (SSSR count). The van der Waals surface area contributed by atoms with Crippen LogP contribution in [0.25, 0.3) is 0 Å². The Bertz CT molecular complexity index is 633. The molecule has 0 aliphatic heterocycles. The van der Waals surface area contributed by atoms with Crippen molar-refractivity contribution >= 4 is 17.3 Å². The lowest BCUT2D eigenvalue weighted by molar-refractivity contribution is -0.115. The van der Waals surface area contributed by atoms with Gasteiger partial charge in [0.2, 0.25) is 5.91 Å². The number of anilines is 2. The minimum atomic E-state index is -0.0230. The normalized spacial score (nSPS) is 10.1. The molecule has 4 nitrogen and oxygen atoms in total. The summed E-state index contributed by atoms with van der Waals surface area (Å²) in [4.78, 5) is 11.9. The molecule has 2 aromatic carbocycles. The topological polar surface area (TPSA) is 50.4 Å². The van der Waals surface area contributed by atoms with Crippen molar-refractivity contribution in [1.82, 2.24) is 0 Å². The largest absolute Gasteiger partial charge is 0.497 e. The van der Waals surface area contributed by atoms with Gasteiger partial charge in [-0.05, 0) is 49.2 Å². The first kappa shape index (κ1) is 15.9. The van der Waals surface area contributed by atoms with Crippen molar-refractivity contribution < 1.29 is 9.53 Å². The van der Waals surface area contributed by atoms with Crippen LogP contribution < -0.4 is 15.4 Å². The van der Waals surface area contributed by atoms with E-state index in [-0.39, 0.29) is 5.91 Å². The first-order valence-electron chi connectivity index (χ1n) is 7.33. The quantitative estimate of drug-likeness (QED) is 0.854. The van der Waals surface area contributed by atoms with E-state index in [1.807, 2.05) is 18.2 Å². The molecule has 0 radical (unpaired) electrons. The molecule has 4 heteroatoms. The van der Waals surface area contributed by atoms with Crippen LogP contribution in [-0.2, 0) is 4.79 Å². The number of amides is 1. The molecule has 0 atom stereocenters. The van der Waals surface area contributed by atoms with E-state index in [1.165, 1.54) is 11.1 Å². The van der Waals surface area contributed by atoms with E-state index in [0.29, 0.717) is 13.0 Å². The Labute approximate surface area is 131 Å². The van der Waals surface area contributed by atoms with E-state index in [9.17, 15) is 4.79 Å². The van der Waals surface area contributed by atoms with Gasteiger partial charge >= 0.3 is 0 Å². The summed E-state index contributed by atoms with van der Waals surface area (Å²) in [6.07, 6.45) is 0.407. The maximum absolute atomic E-state index is 11.9. The van der Waals surface area contributed by atoms with E-state index in [4.69, 9.17) is 4.74 Å². The van der Waals surface area contributed by atoms with E-state index in [1.54, 1.807) is 13.2 Å². The van der Waals surface area contributed by atoms with Crippen LogP contribution in [0.5, 0.6) is 5.75 Å². The van der Waals surface area contributed by atoms with Crippen molar-refractivity contribution in [2.75, 3.05) is 24.3 Å². The molecular weight excluding hydrogens is 276 g/mol. The van der Waals surface area contributed by atoms with Crippen LogP contribution in [0.4, 0.5) is 11.4 Å². The molecule has 2 aromatic rings. The molecule has 0 aliphatic rings. The number of carbonyl (C=O) groups excluding carboxylic acids is 1. The first-order chi connectivity index (χ1) is 10.6. The summed E-state index contributed by atoms with van der Waals surface area (Å²) in [5.74, 6) is 0.705. The Morgan fingerprint density at radius 2 is 1.77 bits per heavy atom. The summed E-state index contributed by atoms with van der Waals surface area (Å²) in [6, 6.07) is 13.6. The van der Waals surface area contributed by atoms with Crippen LogP contribution in [-0.4, -0.2) is 19.6 Å². The molecule has 22 heavy (non-hydrogen) atoms. The predicted molar refractivity (Wildman–Crippen MR) is 90.6 cm³/mol. The van der Waals surface area contributed by atoms with Crippen molar-refractivity contribution in [2.45, 2.75) is 20.3 Å². The number of ether oxygens (including phenoxy) is 1. The van der Waals surface area contributed by atoms with Gasteiger partial charge in [-0.2, -0.15) is 0 Å². The fraction of sp³-hybridized carbons (Fsp3) is 0.278. The van der Waals surface area contributed by atoms with Gasteiger partial charge in [0.05, 0.1) is 7.11 Å². The fourth-order valence-electron chi connectivity index (χ4n) is 2.32. The number of hydrogen-bond donors (Lipinski definition) is 2. The molecule has 0 aliphatic carbocycles. The van der Waals surface area contributed by atoms with Crippen molar-refractivity contribution in [2.24, 2.45) is 0 Å². The molecule has 0 saturated heterocycles. The van der Waals surface area contributed by atoms with Gasteiger partial charge in [-0.15, -0.1) is 0 Å². The molecule has 0 saturated carbocycles. The number of benzene rings is 2. The number of carbonyl (C=O) groups is 1. The SMILES string of the molecule is COc1cccc(NC(=O)CCNc2cc(C)cc(C)c2)c1. The van der Waals surface area contributed by atoms with Crippen LogP contribution >= 0.6 is 0 Å². The second kappa shape index (κ2) is 7.50. The van der Waals surface area contributed by atoms with Crippen LogP contribution in [0, 0.1) is 13.8 Å². The fourth-order valence-corrected chi connectivity index (χ4v) is 2.32. The van der Waals surface area contributed by atoms with Gasteiger partial charge in [0, 0.05) is 30.4 Å². The molecule has 0 aromatic heterocycles. The van der Waals surface area contributed by atoms with Gasteiger partial charge in [-0.3, -0.25) is 4.79 Å². The minimum Gasteiger partial charge on any atom is -0.497 e. The van der Waals surface area contributed by atoms with Crippen molar-refractivity contribution in [3.8, 4) is 5.75 Å². The average molecular weight is 298 g/mol. The Morgan fingerprint density at radius 1 is 1.05 bits per heavy atom. The Balaban J connectivity index is 1.82. The lowest BCUT2D eigenvalue weighted by Gasteiger charge is -2.10. The first-order valence-corrected chi connectivity index (χ1v) is 7.33. The maximum Gasteiger partial charge on any atom is 0.226 e. The van der Waals surface area contributed by atoms with Gasteiger partial charge in [-0.1, -0.05) is 12.1 Å². The summed E-state index contributed by atoms with van der Waals surface area (Å²) in [5.41, 5.74) is 4.22. The molecule has 1 amide bonds. The summed E-state index contributed by atoms with van der Waals surface area (Å²) >= 11 is 0. The summed E-state index contributed by atoms with van der Waals surface area (Å²) in [6.45, 7) is 4.72. The highest BCUT2D eigenvalue weighted by molar-refractivity contribution is 5.91. The second-order valence-corrected chi connectivity index (χ2v) is 5.33. The third kappa shape index (κ3) is 4.81. The predicted octanol–water partition coefficient (Wildman–Crippen LogP) is 3.75. The molecular formula is C18H22N2O2. The highest BCUT2D eigenvalue weighted by Gasteiger charge is 2.03. The van der Waals surface area contributed by atoms with E-state index >= 15 is 0 Å². The van der Waals surface area contributed by atoms with Crippen LogP contribution in [0.1, 0.15) is 17.5 Å². The second-order valence-electron chi connectivity index (χ2n) is 5.33. The van der Waals surface area contributed by atoms with Gasteiger partial charge in [0.1, 0.15) is 5.75 Å². The maximum atomic E-state index is 11.9. The summed E-state index contributed by atoms with van der Waals surface area (Å²) < 4.78 is 5.13. The van der Waals surface area contributed by atoms with Crippen molar-refractivity contribution in [3.05, 3.63) is 53.6 Å². The zero-order chi connectivity index (χ0) is 15.9. The summed E-state index contributed by atoms with van der Waals surface area (Å²) in [7, 11) is 1.61. The Hall–Kier alpha value is -2.49. The molecule has 116 valence electrons. The standard InChI is InChI=1S/C18H22N2O2/c1-13-9-14(2)11-16(10-13)19-8-7-18(21)20-15-5-4-6-17(12-15)22-3/h4-6,9-12,19H,7-8H2,1-3H3,(H,20,21). The van der Waals surface area contributed by atoms with Crippen molar-refractivity contribution in [3.63, 3.8) is 0 Å². The highest BCUT2D eigenvalue weighted by Crippen LogP contribution is 2.17. The summed E-state index contributed by atoms with van der Waals surface area (Å²) in [5, 5.41) is 6.15. The van der Waals surface area contributed by atoms with Gasteiger partial charge in [0.15, 0.2) is 0 Å². The Morgan fingerprint density at radius 3 is 2.45 bits per heavy atom. The lowest BCUT2D eigenvalue weighted by atomic mass is 10.1. The molecule has 0 spiro atoms. The number of aryl methyl sites for hydroxylation is 2. The van der Waals surface area contributed by atoms with Gasteiger partial charge in [0.25, 0.3) is 0 Å². The van der Waals surface area contributed by atoms with E-state index < -0.39 is 0 Å². The molecule has 2 N–H and O–H groups in total. The molecule has 0 heterocycles. The number of methoxy groups -OCH3 is 1. The minimum absolute atomic E-state index is 0.0230. The highest BCUT2D eigenvalue weighted by atomic mass is 16.5. The third-order valence-electron chi connectivity index (χ3n) is 3.26. The zero-order valence-corrected chi connectivity index (χ0v) is 13.3. The molecule has 0 fully saturated rings. The number of nitrogens with one attached hydrogen (secondary N) is 2.